The van der Waals surface area contributed by atoms with Gasteiger partial charge >= 0.3 is 12.1 Å². The zero-order chi connectivity index (χ0) is 13.8. The molecule has 0 aromatic heterocycles. The third-order valence-electron chi connectivity index (χ3n) is 2.30. The van der Waals surface area contributed by atoms with Gasteiger partial charge in [0, 0.05) is 0 Å². The molecule has 0 radical (unpaired) electrons. The van der Waals surface area contributed by atoms with Crippen LogP contribution in [0.5, 0.6) is 5.75 Å². The third kappa shape index (κ3) is 3.38. The topological polar surface area (TPSA) is 46.5 Å². The van der Waals surface area contributed by atoms with Crippen LogP contribution < -0.4 is 4.74 Å². The van der Waals surface area contributed by atoms with E-state index >= 15 is 0 Å². The molecule has 3 nitrogen and oxygen atoms in total. The van der Waals surface area contributed by atoms with Gasteiger partial charge in [-0.3, -0.25) is 0 Å². The number of halogens is 3. The highest BCUT2D eigenvalue weighted by Gasteiger charge is 2.36. The molecule has 0 aliphatic heterocycles. The van der Waals surface area contributed by atoms with E-state index in [4.69, 9.17) is 9.84 Å². The maximum Gasteiger partial charge on any atom is 0.419 e. The van der Waals surface area contributed by atoms with Gasteiger partial charge in [-0.1, -0.05) is 19.4 Å². The van der Waals surface area contributed by atoms with Crippen molar-refractivity contribution in [3.05, 3.63) is 29.3 Å². The molecule has 6 heteroatoms. The van der Waals surface area contributed by atoms with Crippen LogP contribution in [0, 0.1) is 0 Å². The summed E-state index contributed by atoms with van der Waals surface area (Å²) in [5, 5.41) is 8.87. The van der Waals surface area contributed by atoms with Crippen LogP contribution >= 0.6 is 0 Å². The lowest BCUT2D eigenvalue weighted by Gasteiger charge is -2.15. The monoisotopic (exact) mass is 262 g/mol. The average Bonchev–Trinajstić information content (AvgIpc) is 2.27. The highest BCUT2D eigenvalue weighted by molar-refractivity contribution is 5.91. The van der Waals surface area contributed by atoms with Gasteiger partial charge in [0.25, 0.3) is 0 Å². The van der Waals surface area contributed by atoms with Gasteiger partial charge in [-0.25, -0.2) is 4.79 Å². The Morgan fingerprint density at radius 3 is 2.56 bits per heavy atom. The Kier molecular flexibility index (Phi) is 4.58. The summed E-state index contributed by atoms with van der Waals surface area (Å²) in [4.78, 5) is 10.9. The number of carboxylic acid groups (broad SMARTS) is 1. The summed E-state index contributed by atoms with van der Waals surface area (Å²) in [6, 6.07) is 2.96. The Labute approximate surface area is 102 Å². The maximum atomic E-state index is 12.7. The lowest BCUT2D eigenvalue weighted by molar-refractivity contribution is -0.139. The lowest BCUT2D eigenvalue weighted by Crippen LogP contribution is -2.13. The van der Waals surface area contributed by atoms with Crippen molar-refractivity contribution < 1.29 is 27.8 Å². The minimum Gasteiger partial charge on any atom is -0.492 e. The molecule has 0 aliphatic rings. The summed E-state index contributed by atoms with van der Waals surface area (Å²) >= 11 is 0. The molecular weight excluding hydrogens is 249 g/mol. The molecule has 100 valence electrons. The van der Waals surface area contributed by atoms with Crippen LogP contribution in [0.4, 0.5) is 13.2 Å². The number of ether oxygens (including phenoxy) is 1. The molecule has 1 N–H and O–H groups in total. The second-order valence-corrected chi connectivity index (χ2v) is 3.69. The third-order valence-corrected chi connectivity index (χ3v) is 2.30. The fourth-order valence-corrected chi connectivity index (χ4v) is 1.40. The fourth-order valence-electron chi connectivity index (χ4n) is 1.40. The Morgan fingerprint density at radius 1 is 1.39 bits per heavy atom. The quantitative estimate of drug-likeness (QED) is 0.825. The second-order valence-electron chi connectivity index (χ2n) is 3.69. The minimum atomic E-state index is -4.63. The van der Waals surface area contributed by atoms with Crippen molar-refractivity contribution in [2.24, 2.45) is 0 Å². The van der Waals surface area contributed by atoms with Crippen molar-refractivity contribution >= 4 is 5.97 Å². The van der Waals surface area contributed by atoms with E-state index < -0.39 is 29.0 Å². The van der Waals surface area contributed by atoms with Gasteiger partial charge in [0.15, 0.2) is 0 Å². The minimum absolute atomic E-state index is 0.0594. The van der Waals surface area contributed by atoms with Gasteiger partial charge in [-0.05, 0) is 18.6 Å². The van der Waals surface area contributed by atoms with Gasteiger partial charge in [0.05, 0.1) is 12.2 Å². The first-order chi connectivity index (χ1) is 8.38. The number of benzene rings is 1. The molecule has 0 unspecified atom stereocenters. The molecule has 0 saturated heterocycles. The van der Waals surface area contributed by atoms with Crippen molar-refractivity contribution in [3.8, 4) is 5.75 Å². The molecule has 0 saturated carbocycles. The summed E-state index contributed by atoms with van der Waals surface area (Å²) in [6.07, 6.45) is -3.32. The first-order valence-electron chi connectivity index (χ1n) is 5.44. The number of para-hydroxylation sites is 1. The fraction of sp³-hybridized carbons (Fsp3) is 0.417. The molecule has 1 rings (SSSR count). The molecule has 0 heterocycles. The number of carbonyl (C=O) groups is 1. The highest BCUT2D eigenvalue weighted by Crippen LogP contribution is 2.38. The van der Waals surface area contributed by atoms with Crippen molar-refractivity contribution in [1.82, 2.24) is 0 Å². The number of hydrogen-bond acceptors (Lipinski definition) is 2. The molecular formula is C12H13F3O3. The summed E-state index contributed by atoms with van der Waals surface area (Å²) in [7, 11) is 0. The summed E-state index contributed by atoms with van der Waals surface area (Å²) in [5.74, 6) is -2.04. The average molecular weight is 262 g/mol. The molecule has 0 spiro atoms. The molecule has 1 aromatic rings. The number of carboxylic acids is 1. The van der Waals surface area contributed by atoms with E-state index in [-0.39, 0.29) is 6.61 Å². The van der Waals surface area contributed by atoms with Crippen molar-refractivity contribution in [2.75, 3.05) is 6.61 Å². The summed E-state index contributed by atoms with van der Waals surface area (Å²) < 4.78 is 43.2. The first-order valence-corrected chi connectivity index (χ1v) is 5.44. The molecule has 0 amide bonds. The Balaban J connectivity index is 3.17. The van der Waals surface area contributed by atoms with E-state index in [2.05, 4.69) is 0 Å². The van der Waals surface area contributed by atoms with E-state index in [9.17, 15) is 18.0 Å². The predicted octanol–water partition coefficient (Wildman–Crippen LogP) is 3.58. The van der Waals surface area contributed by atoms with Gasteiger partial charge in [0.2, 0.25) is 0 Å². The molecule has 0 aliphatic carbocycles. The molecule has 0 fully saturated rings. The van der Waals surface area contributed by atoms with Crippen molar-refractivity contribution in [1.29, 1.82) is 0 Å². The van der Waals surface area contributed by atoms with Crippen LogP contribution in [0.25, 0.3) is 0 Å². The van der Waals surface area contributed by atoms with Gasteiger partial charge in [-0.15, -0.1) is 0 Å². The smallest absolute Gasteiger partial charge is 0.419 e. The molecule has 18 heavy (non-hydrogen) atoms. The zero-order valence-electron chi connectivity index (χ0n) is 9.75. The van der Waals surface area contributed by atoms with E-state index in [1.807, 2.05) is 6.92 Å². The van der Waals surface area contributed by atoms with Crippen molar-refractivity contribution in [2.45, 2.75) is 25.9 Å². The normalized spacial score (nSPS) is 11.3. The van der Waals surface area contributed by atoms with Gasteiger partial charge < -0.3 is 9.84 Å². The number of unbranched alkanes of at least 4 members (excludes halogenated alkanes) is 1. The Morgan fingerprint density at radius 2 is 2.06 bits per heavy atom. The second kappa shape index (κ2) is 5.75. The van der Waals surface area contributed by atoms with Gasteiger partial charge in [-0.2, -0.15) is 13.2 Å². The Bertz CT molecular complexity index is 427. The zero-order valence-corrected chi connectivity index (χ0v) is 9.75. The van der Waals surface area contributed by atoms with Crippen LogP contribution in [-0.4, -0.2) is 17.7 Å². The first kappa shape index (κ1) is 14.3. The lowest BCUT2D eigenvalue weighted by atomic mass is 10.1. The molecule has 1 aromatic carbocycles. The van der Waals surface area contributed by atoms with E-state index in [0.29, 0.717) is 6.42 Å². The largest absolute Gasteiger partial charge is 0.492 e. The molecule has 0 bridgehead atoms. The van der Waals surface area contributed by atoms with Gasteiger partial charge in [0.1, 0.15) is 11.3 Å². The van der Waals surface area contributed by atoms with Crippen molar-refractivity contribution in [3.63, 3.8) is 0 Å². The van der Waals surface area contributed by atoms with E-state index in [1.54, 1.807) is 0 Å². The number of hydrogen-bond donors (Lipinski definition) is 1. The Hall–Kier alpha value is -1.72. The number of aromatic carboxylic acids is 1. The summed E-state index contributed by atoms with van der Waals surface area (Å²) in [6.45, 7) is 1.92. The van der Waals surface area contributed by atoms with E-state index in [1.165, 1.54) is 0 Å². The molecule has 0 atom stereocenters. The SMILES string of the molecule is CCCCOc1c(C(=O)O)cccc1C(F)(F)F. The highest BCUT2D eigenvalue weighted by atomic mass is 19.4. The van der Waals surface area contributed by atoms with Crippen LogP contribution in [0.1, 0.15) is 35.7 Å². The van der Waals surface area contributed by atoms with Crippen LogP contribution in [-0.2, 0) is 6.18 Å². The standard InChI is InChI=1S/C12H13F3O3/c1-2-3-7-18-10-8(11(16)17)5-4-6-9(10)12(13,14)15/h4-6H,2-3,7H2,1H3,(H,16,17). The van der Waals surface area contributed by atoms with E-state index in [0.717, 1.165) is 24.6 Å². The predicted molar refractivity (Wildman–Crippen MR) is 58.8 cm³/mol. The maximum absolute atomic E-state index is 12.7. The number of alkyl halides is 3. The van der Waals surface area contributed by atoms with Crippen LogP contribution in [0.15, 0.2) is 18.2 Å². The van der Waals surface area contributed by atoms with Crippen LogP contribution in [0.2, 0.25) is 0 Å². The summed E-state index contributed by atoms with van der Waals surface area (Å²) in [5.41, 5.74) is -1.53. The number of rotatable bonds is 5. The van der Waals surface area contributed by atoms with Crippen LogP contribution in [0.3, 0.4) is 0 Å².